The topological polar surface area (TPSA) is 66.4 Å². The fraction of sp³-hybridized carbons (Fsp3) is 0.0588. The molecule has 0 spiro atoms. The van der Waals surface area contributed by atoms with Gasteiger partial charge in [-0.05, 0) is 93.0 Å². The first-order valence-electron chi connectivity index (χ1n) is 6.73. The van der Waals surface area contributed by atoms with E-state index < -0.39 is 5.91 Å². The van der Waals surface area contributed by atoms with Gasteiger partial charge < -0.3 is 5.11 Å². The summed E-state index contributed by atoms with van der Waals surface area (Å²) >= 11 is 5.44. The normalized spacial score (nSPS) is 15.5. The van der Waals surface area contributed by atoms with E-state index in [2.05, 4.69) is 43.8 Å². The van der Waals surface area contributed by atoms with Crippen LogP contribution in [0.1, 0.15) is 27.0 Å². The van der Waals surface area contributed by atoms with Crippen LogP contribution in [-0.4, -0.2) is 16.9 Å². The van der Waals surface area contributed by atoms with Crippen LogP contribution in [-0.2, 0) is 4.79 Å². The van der Waals surface area contributed by atoms with Gasteiger partial charge >= 0.3 is 0 Å². The van der Waals surface area contributed by atoms with E-state index in [1.807, 2.05) is 12.1 Å². The summed E-state index contributed by atoms with van der Waals surface area (Å²) in [5.74, 6) is -0.640. The van der Waals surface area contributed by atoms with Gasteiger partial charge in [0, 0.05) is 20.3 Å². The zero-order valence-corrected chi connectivity index (χ0v) is 15.7. The maximum absolute atomic E-state index is 12.3. The van der Waals surface area contributed by atoms with Gasteiger partial charge in [-0.3, -0.25) is 14.9 Å². The summed E-state index contributed by atoms with van der Waals surface area (Å²) < 4.78 is 1.50. The molecule has 0 atom stereocenters. The van der Waals surface area contributed by atoms with Crippen LogP contribution < -0.4 is 5.32 Å². The molecule has 3 rings (SSSR count). The molecule has 1 aliphatic rings. The average Bonchev–Trinajstić information content (AvgIpc) is 2.48. The fourth-order valence-corrected chi connectivity index (χ4v) is 3.52. The molecule has 1 heterocycles. The molecule has 0 saturated heterocycles. The molecule has 0 unspecified atom stereocenters. The molecule has 0 saturated carbocycles. The number of carbonyl (C=O) groups excluding carboxylic acids is 2. The number of carbonyl (C=O) groups is 2. The van der Waals surface area contributed by atoms with Crippen molar-refractivity contribution in [1.82, 2.24) is 5.32 Å². The molecule has 0 radical (unpaired) electrons. The molecule has 1 aliphatic heterocycles. The lowest BCUT2D eigenvalue weighted by atomic mass is 9.93. The summed E-state index contributed by atoms with van der Waals surface area (Å²) in [6, 6.07) is 8.87. The third kappa shape index (κ3) is 3.05. The van der Waals surface area contributed by atoms with E-state index in [0.29, 0.717) is 26.7 Å². The number of phenolic OH excluding ortho intramolecular Hbond substituents is 1. The first-order valence-corrected chi connectivity index (χ1v) is 8.60. The number of hydrogen-bond acceptors (Lipinski definition) is 3. The molecule has 0 aromatic heterocycles. The highest BCUT2D eigenvalue weighted by Gasteiger charge is 2.27. The number of halogens is 2. The summed E-state index contributed by atoms with van der Waals surface area (Å²) in [7, 11) is 0. The lowest BCUT2D eigenvalue weighted by Gasteiger charge is -2.18. The number of nitrogens with one attached hydrogen (secondary N) is 1. The Morgan fingerprint density at radius 2 is 1.87 bits per heavy atom. The van der Waals surface area contributed by atoms with Gasteiger partial charge in [0.05, 0.1) is 4.47 Å². The monoisotopic (exact) mass is 483 g/mol. The second kappa shape index (κ2) is 6.09. The SMILES string of the molecule is Cc1cc(/C=C2\C(=O)NC(=O)c3ccc(I)cc32)cc(Br)c1O. The number of aromatic hydroxyl groups is 1. The number of phenols is 1. The van der Waals surface area contributed by atoms with Gasteiger partial charge in [-0.15, -0.1) is 0 Å². The standard InChI is InChI=1S/C17H11BrINO3/c1-8-4-9(6-14(18)15(8)21)5-13-12-7-10(19)2-3-11(12)16(22)20-17(13)23/h2-7,21H,1H3,(H,20,22,23)/b13-5-. The number of hydrogen-bond donors (Lipinski definition) is 2. The minimum absolute atomic E-state index is 0.172. The molecule has 2 amide bonds. The number of imide groups is 1. The van der Waals surface area contributed by atoms with Crippen LogP contribution >= 0.6 is 38.5 Å². The average molecular weight is 484 g/mol. The predicted molar refractivity (Wildman–Crippen MR) is 100 cm³/mol. The molecule has 2 N–H and O–H groups in total. The van der Waals surface area contributed by atoms with E-state index in [1.54, 1.807) is 31.2 Å². The van der Waals surface area contributed by atoms with Crippen LogP contribution in [0, 0.1) is 10.5 Å². The first-order chi connectivity index (χ1) is 10.9. The largest absolute Gasteiger partial charge is 0.506 e. The highest BCUT2D eigenvalue weighted by Crippen LogP contribution is 2.32. The zero-order chi connectivity index (χ0) is 16.7. The van der Waals surface area contributed by atoms with E-state index in [-0.39, 0.29) is 11.7 Å². The number of fused-ring (bicyclic) bond motifs is 1. The summed E-state index contributed by atoms with van der Waals surface area (Å²) in [5, 5.41) is 12.2. The van der Waals surface area contributed by atoms with Crippen molar-refractivity contribution in [2.75, 3.05) is 0 Å². The Hall–Kier alpha value is -1.67. The smallest absolute Gasteiger partial charge is 0.258 e. The molecule has 0 aliphatic carbocycles. The highest BCUT2D eigenvalue weighted by molar-refractivity contribution is 14.1. The van der Waals surface area contributed by atoms with Crippen molar-refractivity contribution in [3.05, 3.63) is 60.6 Å². The van der Waals surface area contributed by atoms with Crippen molar-refractivity contribution in [3.63, 3.8) is 0 Å². The van der Waals surface area contributed by atoms with Crippen molar-refractivity contribution in [2.45, 2.75) is 6.92 Å². The van der Waals surface area contributed by atoms with Crippen molar-refractivity contribution < 1.29 is 14.7 Å². The maximum atomic E-state index is 12.3. The lowest BCUT2D eigenvalue weighted by Crippen LogP contribution is -2.36. The lowest BCUT2D eigenvalue weighted by molar-refractivity contribution is -0.114. The Morgan fingerprint density at radius 3 is 2.57 bits per heavy atom. The molecule has 0 fully saturated rings. The predicted octanol–water partition coefficient (Wildman–Crippen LogP) is 3.88. The second-order valence-electron chi connectivity index (χ2n) is 5.20. The summed E-state index contributed by atoms with van der Waals surface area (Å²) in [6.07, 6.45) is 1.72. The fourth-order valence-electron chi connectivity index (χ4n) is 2.45. The molecular formula is C17H11BrINO3. The molecule has 0 bridgehead atoms. The third-order valence-corrected chi connectivity index (χ3v) is 4.85. The van der Waals surface area contributed by atoms with Crippen LogP contribution in [0.2, 0.25) is 0 Å². The van der Waals surface area contributed by atoms with E-state index >= 15 is 0 Å². The Kier molecular flexibility index (Phi) is 4.29. The van der Waals surface area contributed by atoms with Gasteiger partial charge in [0.2, 0.25) is 0 Å². The maximum Gasteiger partial charge on any atom is 0.258 e. The van der Waals surface area contributed by atoms with Crippen LogP contribution in [0.25, 0.3) is 11.6 Å². The minimum Gasteiger partial charge on any atom is -0.506 e. The van der Waals surface area contributed by atoms with E-state index in [1.165, 1.54) is 0 Å². The van der Waals surface area contributed by atoms with Crippen LogP contribution in [0.5, 0.6) is 5.75 Å². The molecule has 4 nitrogen and oxygen atoms in total. The number of benzene rings is 2. The minimum atomic E-state index is -0.425. The van der Waals surface area contributed by atoms with Gasteiger partial charge in [-0.1, -0.05) is 0 Å². The highest BCUT2D eigenvalue weighted by atomic mass is 127. The van der Waals surface area contributed by atoms with Gasteiger partial charge in [-0.2, -0.15) is 0 Å². The van der Waals surface area contributed by atoms with Gasteiger partial charge in [0.25, 0.3) is 11.8 Å². The second-order valence-corrected chi connectivity index (χ2v) is 7.30. The Morgan fingerprint density at radius 1 is 1.13 bits per heavy atom. The Labute approximate surface area is 154 Å². The third-order valence-electron chi connectivity index (χ3n) is 3.58. The number of rotatable bonds is 1. The molecule has 23 heavy (non-hydrogen) atoms. The van der Waals surface area contributed by atoms with Gasteiger partial charge in [0.1, 0.15) is 5.75 Å². The van der Waals surface area contributed by atoms with E-state index in [4.69, 9.17) is 0 Å². The van der Waals surface area contributed by atoms with Crippen molar-refractivity contribution in [3.8, 4) is 5.75 Å². The summed E-state index contributed by atoms with van der Waals surface area (Å²) in [6.45, 7) is 1.78. The van der Waals surface area contributed by atoms with Crippen molar-refractivity contribution in [2.24, 2.45) is 0 Å². The first kappa shape index (κ1) is 16.2. The number of amides is 2. The number of aryl methyl sites for hydroxylation is 1. The molecule has 116 valence electrons. The van der Waals surface area contributed by atoms with Crippen LogP contribution in [0.4, 0.5) is 0 Å². The summed E-state index contributed by atoms with van der Waals surface area (Å²) in [4.78, 5) is 24.2. The Bertz CT molecular complexity index is 866. The van der Waals surface area contributed by atoms with E-state index in [0.717, 1.165) is 9.13 Å². The molecule has 2 aromatic rings. The van der Waals surface area contributed by atoms with Gasteiger partial charge in [-0.25, -0.2) is 0 Å². The molecule has 2 aromatic carbocycles. The van der Waals surface area contributed by atoms with Crippen LogP contribution in [0.15, 0.2) is 34.8 Å². The molecular weight excluding hydrogens is 473 g/mol. The van der Waals surface area contributed by atoms with E-state index in [9.17, 15) is 14.7 Å². The quantitative estimate of drug-likeness (QED) is 0.367. The molecule has 6 heteroatoms. The van der Waals surface area contributed by atoms with Crippen molar-refractivity contribution >= 4 is 62.0 Å². The van der Waals surface area contributed by atoms with Crippen molar-refractivity contribution in [1.29, 1.82) is 0 Å². The Balaban J connectivity index is 2.19. The summed E-state index contributed by atoms with van der Waals surface area (Å²) in [5.41, 5.74) is 2.98. The van der Waals surface area contributed by atoms with Crippen LogP contribution in [0.3, 0.4) is 0 Å². The zero-order valence-electron chi connectivity index (χ0n) is 12.0. The van der Waals surface area contributed by atoms with Gasteiger partial charge in [0.15, 0.2) is 0 Å².